The summed E-state index contributed by atoms with van der Waals surface area (Å²) in [6, 6.07) is 0. The molecule has 0 heterocycles. The fourth-order valence-corrected chi connectivity index (χ4v) is 1.77. The Labute approximate surface area is 165 Å². The Bertz CT molecular complexity index is 336. The van der Waals surface area contributed by atoms with Crippen LogP contribution in [-0.2, 0) is 4.43 Å². The smallest absolute Gasteiger partial charge is 0.191 e. The van der Waals surface area contributed by atoms with Crippen molar-refractivity contribution in [2.75, 3.05) is 13.2 Å². The van der Waals surface area contributed by atoms with Crippen molar-refractivity contribution in [2.24, 2.45) is 0 Å². The molecule has 0 rings (SSSR count). The van der Waals surface area contributed by atoms with E-state index >= 15 is 0 Å². The molecule has 0 aromatic heterocycles. The van der Waals surface area contributed by atoms with E-state index in [4.69, 9.17) is 20.6 Å². The third kappa shape index (κ3) is 17.3. The lowest BCUT2D eigenvalue weighted by Crippen LogP contribution is -2.40. The standard InChI is InChI=1S/C10H22OSi.C6H15ClSi.C4H8O/c1-7-8-9-11-12(5,6)10(2,3)4;1-6(2,3)8(4,5)7;1-2-3-4-5/h7H,1,8-9H2,2-6H3;1-5H3;2,5H,1,3-4H2. The average molecular weight is 409 g/mol. The number of hydrogen-bond acceptors (Lipinski definition) is 2. The van der Waals surface area contributed by atoms with Crippen LogP contribution in [0.15, 0.2) is 25.3 Å². The quantitative estimate of drug-likeness (QED) is 0.215. The summed E-state index contributed by atoms with van der Waals surface area (Å²) >= 11 is 6.15. The van der Waals surface area contributed by atoms with Crippen molar-refractivity contribution in [1.82, 2.24) is 0 Å². The first kappa shape index (κ1) is 29.9. The van der Waals surface area contributed by atoms with E-state index in [1.807, 2.05) is 6.08 Å². The van der Waals surface area contributed by atoms with E-state index in [1.165, 1.54) is 0 Å². The second-order valence-electron chi connectivity index (χ2n) is 9.21. The van der Waals surface area contributed by atoms with Gasteiger partial charge in [-0.15, -0.1) is 13.2 Å². The molecule has 25 heavy (non-hydrogen) atoms. The van der Waals surface area contributed by atoms with Gasteiger partial charge < -0.3 is 9.53 Å². The molecular formula is C20H45ClO2Si2. The summed E-state index contributed by atoms with van der Waals surface area (Å²) in [4.78, 5) is 0. The summed E-state index contributed by atoms with van der Waals surface area (Å²) in [5, 5.41) is 8.66. The van der Waals surface area contributed by atoms with Gasteiger partial charge in [-0.05, 0) is 36.0 Å². The maximum absolute atomic E-state index is 8.00. The van der Waals surface area contributed by atoms with Crippen molar-refractivity contribution < 1.29 is 9.53 Å². The Kier molecular flexibility index (Phi) is 15.9. The fraction of sp³-hybridized carbons (Fsp3) is 0.800. The molecule has 0 aromatic carbocycles. The van der Waals surface area contributed by atoms with E-state index in [-0.39, 0.29) is 6.61 Å². The van der Waals surface area contributed by atoms with Gasteiger partial charge in [0.1, 0.15) is 0 Å². The molecule has 0 radical (unpaired) electrons. The molecule has 0 aromatic rings. The Balaban J connectivity index is -0.000000321. The van der Waals surface area contributed by atoms with Crippen LogP contribution >= 0.6 is 11.1 Å². The molecule has 0 saturated heterocycles. The first-order chi connectivity index (χ1) is 11.0. The zero-order chi connectivity index (χ0) is 20.9. The van der Waals surface area contributed by atoms with Crippen molar-refractivity contribution in [1.29, 1.82) is 0 Å². The largest absolute Gasteiger partial charge is 0.417 e. The molecule has 0 spiro atoms. The predicted octanol–water partition coefficient (Wildman–Crippen LogP) is 7.37. The van der Waals surface area contributed by atoms with Crippen LogP contribution in [0.5, 0.6) is 0 Å². The fourth-order valence-electron chi connectivity index (χ4n) is 0.705. The SMILES string of the molecule is C=CCCO.C=CCCO[Si](C)(C)C(C)(C)C.CC(C)(C)[Si](C)(C)Cl. The number of halogens is 1. The second kappa shape index (κ2) is 13.3. The Morgan fingerprint density at radius 2 is 1.24 bits per heavy atom. The van der Waals surface area contributed by atoms with Crippen LogP contribution in [0.1, 0.15) is 54.4 Å². The molecule has 0 aliphatic heterocycles. The van der Waals surface area contributed by atoms with Gasteiger partial charge in [0.15, 0.2) is 15.7 Å². The highest BCUT2D eigenvalue weighted by Gasteiger charge is 2.36. The molecule has 5 heteroatoms. The second-order valence-corrected chi connectivity index (χ2v) is 21.3. The average Bonchev–Trinajstić information content (AvgIpc) is 2.37. The summed E-state index contributed by atoms with van der Waals surface area (Å²) in [5.74, 6) is 0. The highest BCUT2D eigenvalue weighted by Crippen LogP contribution is 2.38. The van der Waals surface area contributed by atoms with Crippen LogP contribution in [0.25, 0.3) is 0 Å². The van der Waals surface area contributed by atoms with Gasteiger partial charge in [-0.2, -0.15) is 11.1 Å². The first-order valence-corrected chi connectivity index (χ1v) is 16.1. The summed E-state index contributed by atoms with van der Waals surface area (Å²) in [6.07, 6.45) is 5.26. The Hall–Kier alpha value is 0.124. The number of rotatable bonds is 6. The number of hydrogen-bond donors (Lipinski definition) is 1. The summed E-state index contributed by atoms with van der Waals surface area (Å²) in [6.45, 7) is 30.4. The van der Waals surface area contributed by atoms with Crippen molar-refractivity contribution in [2.45, 2.75) is 90.6 Å². The van der Waals surface area contributed by atoms with Gasteiger partial charge in [0.2, 0.25) is 0 Å². The van der Waals surface area contributed by atoms with Gasteiger partial charge >= 0.3 is 0 Å². The molecule has 152 valence electrons. The lowest BCUT2D eigenvalue weighted by atomic mass is 10.2. The lowest BCUT2D eigenvalue weighted by molar-refractivity contribution is 0.294. The molecule has 2 nitrogen and oxygen atoms in total. The topological polar surface area (TPSA) is 29.5 Å². The van der Waals surface area contributed by atoms with E-state index in [9.17, 15) is 0 Å². The van der Waals surface area contributed by atoms with Crippen molar-refractivity contribution in [3.8, 4) is 0 Å². The van der Waals surface area contributed by atoms with Crippen LogP contribution in [0.4, 0.5) is 0 Å². The number of aliphatic hydroxyl groups is 1. The summed E-state index contributed by atoms with van der Waals surface area (Å²) < 4.78 is 5.90. The molecule has 0 saturated carbocycles. The maximum atomic E-state index is 8.00. The van der Waals surface area contributed by atoms with Crippen LogP contribution in [-0.4, -0.2) is 34.0 Å². The van der Waals surface area contributed by atoms with Crippen LogP contribution < -0.4 is 0 Å². The van der Waals surface area contributed by atoms with E-state index in [0.29, 0.717) is 16.5 Å². The zero-order valence-electron chi connectivity index (χ0n) is 18.6. The van der Waals surface area contributed by atoms with Gasteiger partial charge in [0.05, 0.1) is 0 Å². The third-order valence-corrected chi connectivity index (χ3v) is 14.5. The maximum Gasteiger partial charge on any atom is 0.191 e. The van der Waals surface area contributed by atoms with Crippen LogP contribution in [0.2, 0.25) is 36.3 Å². The summed E-state index contributed by atoms with van der Waals surface area (Å²) in [7, 11) is -2.88. The van der Waals surface area contributed by atoms with E-state index < -0.39 is 15.7 Å². The molecule has 1 N–H and O–H groups in total. The minimum Gasteiger partial charge on any atom is -0.417 e. The molecule has 0 aliphatic carbocycles. The van der Waals surface area contributed by atoms with Crippen molar-refractivity contribution >= 4 is 26.8 Å². The normalized spacial score (nSPS) is 12.3. The predicted molar refractivity (Wildman–Crippen MR) is 123 cm³/mol. The number of aliphatic hydroxyl groups excluding tert-OH is 1. The molecule has 0 amide bonds. The molecule has 0 bridgehead atoms. The zero-order valence-corrected chi connectivity index (χ0v) is 21.4. The van der Waals surface area contributed by atoms with E-state index in [2.05, 4.69) is 80.9 Å². The monoisotopic (exact) mass is 408 g/mol. The lowest BCUT2D eigenvalue weighted by Gasteiger charge is -2.36. The van der Waals surface area contributed by atoms with Crippen LogP contribution in [0.3, 0.4) is 0 Å². The van der Waals surface area contributed by atoms with Crippen molar-refractivity contribution in [3.05, 3.63) is 25.3 Å². The van der Waals surface area contributed by atoms with E-state index in [0.717, 1.165) is 13.0 Å². The Morgan fingerprint density at radius 3 is 1.40 bits per heavy atom. The minimum atomic E-state index is -1.49. The van der Waals surface area contributed by atoms with Gasteiger partial charge in [-0.25, -0.2) is 0 Å². The first-order valence-electron chi connectivity index (χ1n) is 9.13. The highest BCUT2D eigenvalue weighted by molar-refractivity contribution is 7.20. The molecule has 0 atom stereocenters. The van der Waals surface area contributed by atoms with Gasteiger partial charge in [0.25, 0.3) is 0 Å². The van der Waals surface area contributed by atoms with Gasteiger partial charge in [-0.1, -0.05) is 66.8 Å². The Morgan fingerprint density at radius 1 is 0.880 bits per heavy atom. The molecule has 0 fully saturated rings. The molecule has 0 aliphatic rings. The van der Waals surface area contributed by atoms with E-state index in [1.54, 1.807) is 6.08 Å². The van der Waals surface area contributed by atoms with Crippen molar-refractivity contribution in [3.63, 3.8) is 0 Å². The third-order valence-electron chi connectivity index (χ3n) is 4.71. The minimum absolute atomic E-state index is 0.226. The summed E-state index contributed by atoms with van der Waals surface area (Å²) in [5.41, 5.74) is 0. The van der Waals surface area contributed by atoms with Gasteiger partial charge in [-0.3, -0.25) is 0 Å². The molecule has 0 unspecified atom stereocenters. The van der Waals surface area contributed by atoms with Crippen LogP contribution in [0, 0.1) is 0 Å². The highest BCUT2D eigenvalue weighted by atomic mass is 35.6. The van der Waals surface area contributed by atoms with Gasteiger partial charge in [0, 0.05) is 13.2 Å². The molecular weight excluding hydrogens is 364 g/mol.